The van der Waals surface area contributed by atoms with Crippen molar-refractivity contribution < 1.29 is 14.1 Å². The zero-order valence-electron chi connectivity index (χ0n) is 17.9. The third-order valence-electron chi connectivity index (χ3n) is 5.98. The van der Waals surface area contributed by atoms with E-state index in [0.717, 1.165) is 39.3 Å². The van der Waals surface area contributed by atoms with Gasteiger partial charge in [-0.3, -0.25) is 10.1 Å². The summed E-state index contributed by atoms with van der Waals surface area (Å²) in [6.07, 6.45) is 1.29. The van der Waals surface area contributed by atoms with Crippen LogP contribution in [0.3, 0.4) is 0 Å². The molecule has 0 amide bonds. The Hall–Kier alpha value is -3.41. The highest BCUT2D eigenvalue weighted by Gasteiger charge is 2.33. The minimum Gasteiger partial charge on any atom is -0.496 e. The highest BCUT2D eigenvalue weighted by Crippen LogP contribution is 2.41. The normalized spacial score (nSPS) is 15.1. The fourth-order valence-corrected chi connectivity index (χ4v) is 4.46. The average molecular weight is 420 g/mol. The average Bonchev–Trinajstić information content (AvgIpc) is 3.06. The minimum absolute atomic E-state index is 0.164. The lowest BCUT2D eigenvalue weighted by Crippen LogP contribution is -2.29. The second kappa shape index (κ2) is 8.38. The number of anilines is 1. The number of hydrogen-bond acceptors (Lipinski definition) is 4. The van der Waals surface area contributed by atoms with Crippen molar-refractivity contribution in [1.29, 1.82) is 0 Å². The molecule has 1 aliphatic rings. The molecule has 0 spiro atoms. The van der Waals surface area contributed by atoms with Crippen LogP contribution in [-0.2, 0) is 19.4 Å². The summed E-state index contributed by atoms with van der Waals surface area (Å²) in [4.78, 5) is 13.5. The van der Waals surface area contributed by atoms with Gasteiger partial charge in [-0.15, -0.1) is 0 Å². The number of nitro benzene ring substituents is 1. The summed E-state index contributed by atoms with van der Waals surface area (Å²) in [6.45, 7) is 4.75. The van der Waals surface area contributed by atoms with Gasteiger partial charge in [0.2, 0.25) is 0 Å². The molecule has 0 saturated heterocycles. The molecule has 3 aromatic carbocycles. The van der Waals surface area contributed by atoms with E-state index in [0.29, 0.717) is 19.4 Å². The summed E-state index contributed by atoms with van der Waals surface area (Å²) in [5.41, 5.74) is 6.16. The van der Waals surface area contributed by atoms with Crippen LogP contribution >= 0.6 is 0 Å². The molecular weight excluding hydrogens is 395 g/mol. The van der Waals surface area contributed by atoms with Gasteiger partial charge < -0.3 is 9.64 Å². The van der Waals surface area contributed by atoms with Crippen molar-refractivity contribution in [3.63, 3.8) is 0 Å². The van der Waals surface area contributed by atoms with Crippen LogP contribution in [0, 0.1) is 22.9 Å². The number of aryl methyl sites for hydroxylation is 1. The first-order valence-corrected chi connectivity index (χ1v) is 10.3. The molecule has 0 aromatic heterocycles. The van der Waals surface area contributed by atoms with Crippen molar-refractivity contribution in [2.45, 2.75) is 39.3 Å². The molecule has 31 heavy (non-hydrogen) atoms. The van der Waals surface area contributed by atoms with E-state index in [1.54, 1.807) is 25.3 Å². The number of fused-ring (bicyclic) bond motifs is 1. The highest BCUT2D eigenvalue weighted by molar-refractivity contribution is 5.70. The maximum Gasteiger partial charge on any atom is 0.274 e. The Balaban J connectivity index is 1.66. The van der Waals surface area contributed by atoms with Crippen LogP contribution in [-0.4, -0.2) is 18.1 Å². The monoisotopic (exact) mass is 420 g/mol. The lowest BCUT2D eigenvalue weighted by atomic mass is 10.0. The quantitative estimate of drug-likeness (QED) is 0.385. The Morgan fingerprint density at radius 3 is 2.52 bits per heavy atom. The second-order valence-corrected chi connectivity index (χ2v) is 8.12. The number of halogens is 1. The lowest BCUT2D eigenvalue weighted by Gasteiger charge is -2.26. The van der Waals surface area contributed by atoms with Crippen molar-refractivity contribution in [3.05, 3.63) is 98.3 Å². The Morgan fingerprint density at radius 1 is 1.13 bits per heavy atom. The van der Waals surface area contributed by atoms with Crippen molar-refractivity contribution in [3.8, 4) is 5.75 Å². The molecule has 0 aliphatic carbocycles. The first-order chi connectivity index (χ1) is 14.9. The maximum atomic E-state index is 13.3. The lowest BCUT2D eigenvalue weighted by molar-refractivity contribution is -0.385. The summed E-state index contributed by atoms with van der Waals surface area (Å²) < 4.78 is 18.8. The van der Waals surface area contributed by atoms with Gasteiger partial charge in [0.05, 0.1) is 23.3 Å². The van der Waals surface area contributed by atoms with Gasteiger partial charge in [-0.05, 0) is 60.4 Å². The number of ether oxygens (including phenoxy) is 1. The Morgan fingerprint density at radius 2 is 1.84 bits per heavy atom. The van der Waals surface area contributed by atoms with Gasteiger partial charge in [-0.1, -0.05) is 24.3 Å². The fourth-order valence-electron chi connectivity index (χ4n) is 4.46. The summed E-state index contributed by atoms with van der Waals surface area (Å²) in [7, 11) is 1.64. The second-order valence-electron chi connectivity index (χ2n) is 8.12. The predicted molar refractivity (Wildman–Crippen MR) is 119 cm³/mol. The van der Waals surface area contributed by atoms with E-state index in [4.69, 9.17) is 4.74 Å². The van der Waals surface area contributed by atoms with E-state index in [9.17, 15) is 14.5 Å². The number of hydrogen-bond donors (Lipinski definition) is 0. The molecule has 1 aliphatic heterocycles. The molecule has 1 atom stereocenters. The molecule has 4 rings (SSSR count). The first-order valence-electron chi connectivity index (χ1n) is 10.3. The van der Waals surface area contributed by atoms with Crippen LogP contribution in [0.2, 0.25) is 0 Å². The highest BCUT2D eigenvalue weighted by atomic mass is 19.1. The van der Waals surface area contributed by atoms with Crippen LogP contribution in [0.1, 0.15) is 34.7 Å². The van der Waals surface area contributed by atoms with E-state index in [2.05, 4.69) is 17.9 Å². The molecule has 0 radical (unpaired) electrons. The number of methoxy groups -OCH3 is 1. The number of nitro groups is 1. The van der Waals surface area contributed by atoms with E-state index < -0.39 is 0 Å². The zero-order valence-corrected chi connectivity index (χ0v) is 17.9. The van der Waals surface area contributed by atoms with E-state index in [1.807, 2.05) is 25.1 Å². The molecule has 0 bridgehead atoms. The van der Waals surface area contributed by atoms with Gasteiger partial charge in [-0.2, -0.15) is 0 Å². The van der Waals surface area contributed by atoms with Gasteiger partial charge in [0, 0.05) is 31.5 Å². The van der Waals surface area contributed by atoms with Crippen molar-refractivity contribution >= 4 is 11.4 Å². The van der Waals surface area contributed by atoms with Gasteiger partial charge in [0.15, 0.2) is 0 Å². The maximum absolute atomic E-state index is 13.3. The van der Waals surface area contributed by atoms with Crippen LogP contribution in [0.5, 0.6) is 5.75 Å². The smallest absolute Gasteiger partial charge is 0.274 e. The van der Waals surface area contributed by atoms with Crippen LogP contribution < -0.4 is 9.64 Å². The van der Waals surface area contributed by atoms with Crippen molar-refractivity contribution in [1.82, 2.24) is 0 Å². The molecule has 1 unspecified atom stereocenters. The molecular formula is C25H25FN2O3. The van der Waals surface area contributed by atoms with Gasteiger partial charge in [0.1, 0.15) is 11.6 Å². The molecule has 6 heteroatoms. The number of rotatable bonds is 6. The summed E-state index contributed by atoms with van der Waals surface area (Å²) in [6, 6.07) is 16.2. The zero-order chi connectivity index (χ0) is 22.1. The Labute approximate surface area is 181 Å². The number of benzene rings is 3. The topological polar surface area (TPSA) is 55.6 Å². The van der Waals surface area contributed by atoms with E-state index in [1.165, 1.54) is 12.1 Å². The number of nitrogens with zero attached hydrogens (tertiary/aromatic N) is 2. The third kappa shape index (κ3) is 4.10. The first kappa shape index (κ1) is 20.8. The minimum atomic E-state index is -0.289. The van der Waals surface area contributed by atoms with Crippen LogP contribution in [0.25, 0.3) is 0 Å². The van der Waals surface area contributed by atoms with Gasteiger partial charge in [-0.25, -0.2) is 4.39 Å². The molecule has 1 heterocycles. The van der Waals surface area contributed by atoms with Crippen LogP contribution in [0.4, 0.5) is 15.8 Å². The van der Waals surface area contributed by atoms with Crippen LogP contribution in [0.15, 0.2) is 54.6 Å². The molecule has 160 valence electrons. The van der Waals surface area contributed by atoms with Gasteiger partial charge >= 0.3 is 0 Å². The largest absolute Gasteiger partial charge is 0.496 e. The standard InChI is InChI=1S/C25H25FN2O3/c1-16-4-10-23(28(29)30)22-12-17(2)27(25(16)22)15-19-7-11-24(31-3)20(14-19)13-18-5-8-21(26)9-6-18/h4-11,14,17H,12-13,15H2,1-3H3. The SMILES string of the molecule is COc1ccc(CN2c3c(C)ccc([N+](=O)[O-])c3CC2C)cc1Cc1ccc(F)cc1. The molecule has 0 N–H and O–H groups in total. The van der Waals surface area contributed by atoms with Crippen molar-refractivity contribution in [2.24, 2.45) is 0 Å². The predicted octanol–water partition coefficient (Wildman–Crippen LogP) is 5.59. The summed E-state index contributed by atoms with van der Waals surface area (Å²) in [5.74, 6) is 0.533. The van der Waals surface area contributed by atoms with E-state index >= 15 is 0 Å². The third-order valence-corrected chi connectivity index (χ3v) is 5.98. The van der Waals surface area contributed by atoms with Crippen molar-refractivity contribution in [2.75, 3.05) is 12.0 Å². The molecule has 5 nitrogen and oxygen atoms in total. The summed E-state index contributed by atoms with van der Waals surface area (Å²) >= 11 is 0. The molecule has 0 fully saturated rings. The summed E-state index contributed by atoms with van der Waals surface area (Å²) in [5, 5.41) is 11.5. The fraction of sp³-hybridized carbons (Fsp3) is 0.280. The molecule has 0 saturated carbocycles. The molecule has 3 aromatic rings. The Kier molecular flexibility index (Phi) is 5.63. The van der Waals surface area contributed by atoms with E-state index in [-0.39, 0.29) is 22.5 Å². The Bertz CT molecular complexity index is 1130. The van der Waals surface area contributed by atoms with Gasteiger partial charge in [0.25, 0.3) is 5.69 Å².